The van der Waals surface area contributed by atoms with Gasteiger partial charge in [0.05, 0.1) is 0 Å². The van der Waals surface area contributed by atoms with Gasteiger partial charge in [0.25, 0.3) is 5.91 Å². The molecule has 152 valence electrons. The minimum Gasteiger partial charge on any atom is -0.451 e. The van der Waals surface area contributed by atoms with E-state index in [1.165, 1.54) is 32.1 Å². The Morgan fingerprint density at radius 2 is 1.76 bits per heavy atom. The van der Waals surface area contributed by atoms with Crippen LogP contribution in [0.25, 0.3) is 6.08 Å². The molecule has 2 N–H and O–H groups in total. The fourth-order valence-corrected chi connectivity index (χ4v) is 2.30. The quantitative estimate of drug-likeness (QED) is 0.554. The Balaban J connectivity index is 1.84. The number of hydrogen-bond donors (Lipinski definition) is 2. The molecule has 2 aromatic rings. The number of carbonyl (C=O) groups is 3. The largest absolute Gasteiger partial charge is 0.451 e. The minimum absolute atomic E-state index is 0.258. The Labute approximate surface area is 168 Å². The van der Waals surface area contributed by atoms with Crippen molar-refractivity contribution in [2.24, 2.45) is 0 Å². The highest BCUT2D eigenvalue weighted by atomic mass is 19.1. The molecule has 0 saturated heterocycles. The van der Waals surface area contributed by atoms with Crippen molar-refractivity contribution < 1.29 is 23.5 Å². The molecule has 2 amide bonds. The van der Waals surface area contributed by atoms with Crippen LogP contribution in [0.2, 0.25) is 0 Å². The molecular formula is C22H23FN2O4. The lowest BCUT2D eigenvalue weighted by atomic mass is 10.2. The zero-order valence-corrected chi connectivity index (χ0v) is 16.4. The summed E-state index contributed by atoms with van der Waals surface area (Å²) in [6, 6.07) is 12.5. The predicted octanol–water partition coefficient (Wildman–Crippen LogP) is 3.22. The molecule has 2 aromatic carbocycles. The van der Waals surface area contributed by atoms with E-state index in [4.69, 9.17) is 4.74 Å². The van der Waals surface area contributed by atoms with Crippen LogP contribution in [0.5, 0.6) is 0 Å². The summed E-state index contributed by atoms with van der Waals surface area (Å²) in [6.07, 6.45) is 1.80. The van der Waals surface area contributed by atoms with Gasteiger partial charge in [-0.3, -0.25) is 9.59 Å². The highest BCUT2D eigenvalue weighted by molar-refractivity contribution is 5.97. The molecule has 0 aliphatic heterocycles. The van der Waals surface area contributed by atoms with Crippen LogP contribution in [0.4, 0.5) is 10.1 Å². The van der Waals surface area contributed by atoms with Gasteiger partial charge in [0.15, 0.2) is 6.10 Å². The molecule has 0 radical (unpaired) electrons. The number of esters is 1. The number of carbonyl (C=O) groups excluding carboxylic acids is 3. The van der Waals surface area contributed by atoms with Crippen LogP contribution in [0.15, 0.2) is 54.6 Å². The van der Waals surface area contributed by atoms with Crippen LogP contribution in [0.1, 0.15) is 25.0 Å². The van der Waals surface area contributed by atoms with Crippen LogP contribution in [-0.2, 0) is 19.1 Å². The maximum absolute atomic E-state index is 13.6. The lowest BCUT2D eigenvalue weighted by molar-refractivity contribution is -0.155. The highest BCUT2D eigenvalue weighted by Gasteiger charge is 2.23. The van der Waals surface area contributed by atoms with Crippen molar-refractivity contribution in [1.82, 2.24) is 5.32 Å². The molecule has 0 unspecified atom stereocenters. The second kappa shape index (κ2) is 10.2. The van der Waals surface area contributed by atoms with E-state index < -0.39 is 35.7 Å². The third-order valence-electron chi connectivity index (χ3n) is 4.04. The Hall–Kier alpha value is -3.48. The molecular weight excluding hydrogens is 375 g/mol. The summed E-state index contributed by atoms with van der Waals surface area (Å²) >= 11 is 0. The summed E-state index contributed by atoms with van der Waals surface area (Å²) < 4.78 is 18.6. The Bertz CT molecular complexity index is 912. The molecule has 7 heteroatoms. The Kier molecular flexibility index (Phi) is 7.65. The Morgan fingerprint density at radius 1 is 1.07 bits per heavy atom. The van der Waals surface area contributed by atoms with Gasteiger partial charge in [-0.15, -0.1) is 0 Å². The van der Waals surface area contributed by atoms with E-state index in [0.29, 0.717) is 5.56 Å². The van der Waals surface area contributed by atoms with E-state index in [9.17, 15) is 18.8 Å². The molecule has 29 heavy (non-hydrogen) atoms. The number of rotatable bonds is 7. The van der Waals surface area contributed by atoms with Gasteiger partial charge in [-0.2, -0.15) is 0 Å². The van der Waals surface area contributed by atoms with Gasteiger partial charge in [-0.25, -0.2) is 9.18 Å². The average Bonchev–Trinajstić information content (AvgIpc) is 2.69. The molecule has 2 rings (SSSR count). The summed E-state index contributed by atoms with van der Waals surface area (Å²) in [6.45, 7) is 4.45. The van der Waals surface area contributed by atoms with Gasteiger partial charge in [-0.05, 0) is 50.1 Å². The number of nitrogens with one attached hydrogen (secondary N) is 2. The highest BCUT2D eigenvalue weighted by Crippen LogP contribution is 2.14. The molecule has 0 aliphatic carbocycles. The maximum Gasteiger partial charge on any atom is 0.329 e. The number of amides is 2. The molecule has 0 aliphatic rings. The molecule has 0 spiro atoms. The Morgan fingerprint density at radius 3 is 2.41 bits per heavy atom. The molecule has 0 saturated carbocycles. The van der Waals surface area contributed by atoms with E-state index in [1.54, 1.807) is 19.1 Å². The fraction of sp³-hybridized carbons (Fsp3) is 0.227. The van der Waals surface area contributed by atoms with Crippen molar-refractivity contribution in [3.05, 3.63) is 71.6 Å². The van der Waals surface area contributed by atoms with Gasteiger partial charge in [-0.1, -0.05) is 36.4 Å². The molecule has 0 fully saturated rings. The SMILES string of the molecule is Cc1ccc(NC(=O)[C@@H](C)OC(=O)[C@H](C)NC(=O)/C=C/c2ccccc2)cc1F. The summed E-state index contributed by atoms with van der Waals surface area (Å²) in [4.78, 5) is 36.2. The van der Waals surface area contributed by atoms with Crippen molar-refractivity contribution in [1.29, 1.82) is 0 Å². The van der Waals surface area contributed by atoms with Crippen LogP contribution in [-0.4, -0.2) is 29.9 Å². The molecule has 0 bridgehead atoms. The predicted molar refractivity (Wildman–Crippen MR) is 108 cm³/mol. The van der Waals surface area contributed by atoms with Gasteiger partial charge >= 0.3 is 5.97 Å². The van der Waals surface area contributed by atoms with Crippen LogP contribution >= 0.6 is 0 Å². The molecule has 2 atom stereocenters. The number of halogens is 1. The number of hydrogen-bond acceptors (Lipinski definition) is 4. The summed E-state index contributed by atoms with van der Waals surface area (Å²) in [5.41, 5.74) is 1.55. The number of ether oxygens (including phenoxy) is 1. The van der Waals surface area contributed by atoms with Gasteiger partial charge in [0.2, 0.25) is 5.91 Å². The first-order valence-corrected chi connectivity index (χ1v) is 9.07. The van der Waals surface area contributed by atoms with Crippen molar-refractivity contribution in [3.8, 4) is 0 Å². The second-order valence-corrected chi connectivity index (χ2v) is 6.51. The first kappa shape index (κ1) is 21.8. The minimum atomic E-state index is -1.12. The first-order chi connectivity index (χ1) is 13.8. The first-order valence-electron chi connectivity index (χ1n) is 9.07. The van der Waals surface area contributed by atoms with Crippen molar-refractivity contribution >= 4 is 29.5 Å². The van der Waals surface area contributed by atoms with E-state index in [0.717, 1.165) is 5.56 Å². The topological polar surface area (TPSA) is 84.5 Å². The number of anilines is 1. The monoisotopic (exact) mass is 398 g/mol. The van der Waals surface area contributed by atoms with Crippen molar-refractivity contribution in [2.75, 3.05) is 5.32 Å². The number of benzene rings is 2. The smallest absolute Gasteiger partial charge is 0.329 e. The van der Waals surface area contributed by atoms with Crippen molar-refractivity contribution in [3.63, 3.8) is 0 Å². The van der Waals surface area contributed by atoms with Gasteiger partial charge in [0, 0.05) is 11.8 Å². The van der Waals surface area contributed by atoms with E-state index in [1.807, 2.05) is 30.3 Å². The van der Waals surface area contributed by atoms with Crippen molar-refractivity contribution in [2.45, 2.75) is 32.9 Å². The van der Waals surface area contributed by atoms with E-state index >= 15 is 0 Å². The number of aryl methyl sites for hydroxylation is 1. The van der Waals surface area contributed by atoms with Crippen LogP contribution in [0, 0.1) is 12.7 Å². The van der Waals surface area contributed by atoms with E-state index in [2.05, 4.69) is 10.6 Å². The van der Waals surface area contributed by atoms with E-state index in [-0.39, 0.29) is 5.69 Å². The summed E-state index contributed by atoms with van der Waals surface area (Å²) in [5.74, 6) is -2.29. The lowest BCUT2D eigenvalue weighted by Gasteiger charge is -2.17. The zero-order chi connectivity index (χ0) is 21.4. The maximum atomic E-state index is 13.6. The normalized spacial score (nSPS) is 12.8. The third kappa shape index (κ3) is 6.88. The van der Waals surface area contributed by atoms with Crippen LogP contribution < -0.4 is 10.6 Å². The molecule has 0 heterocycles. The molecule has 6 nitrogen and oxygen atoms in total. The molecule has 0 aromatic heterocycles. The standard InChI is InChI=1S/C22H23FN2O4/c1-14-9-11-18(13-19(14)23)25-21(27)16(3)29-22(28)15(2)24-20(26)12-10-17-7-5-4-6-8-17/h4-13,15-16H,1-3H3,(H,24,26)(H,25,27)/b12-10+/t15-,16+/m0/s1. The average molecular weight is 398 g/mol. The fourth-order valence-electron chi connectivity index (χ4n) is 2.30. The third-order valence-corrected chi connectivity index (χ3v) is 4.04. The summed E-state index contributed by atoms with van der Waals surface area (Å²) in [5, 5.41) is 4.95. The van der Waals surface area contributed by atoms with Gasteiger partial charge < -0.3 is 15.4 Å². The summed E-state index contributed by atoms with van der Waals surface area (Å²) in [7, 11) is 0. The van der Waals surface area contributed by atoms with Gasteiger partial charge in [0.1, 0.15) is 11.9 Å². The van der Waals surface area contributed by atoms with Crippen LogP contribution in [0.3, 0.4) is 0 Å². The lowest BCUT2D eigenvalue weighted by Crippen LogP contribution is -2.41. The zero-order valence-electron chi connectivity index (χ0n) is 16.4. The second-order valence-electron chi connectivity index (χ2n) is 6.51.